The van der Waals surface area contributed by atoms with E-state index in [-0.39, 0.29) is 17.7 Å². The summed E-state index contributed by atoms with van der Waals surface area (Å²) in [4.78, 5) is 34.9. The first-order valence-electron chi connectivity index (χ1n) is 8.18. The predicted octanol–water partition coefficient (Wildman–Crippen LogP) is 2.78. The Bertz CT molecular complexity index is 1030. The Morgan fingerprint density at radius 2 is 1.85 bits per heavy atom. The van der Waals surface area contributed by atoms with Crippen molar-refractivity contribution in [2.45, 2.75) is 6.92 Å². The van der Waals surface area contributed by atoms with Crippen molar-refractivity contribution in [2.75, 3.05) is 11.9 Å². The second-order valence-electron chi connectivity index (χ2n) is 5.62. The van der Waals surface area contributed by atoms with Gasteiger partial charge in [-0.2, -0.15) is 0 Å². The van der Waals surface area contributed by atoms with Crippen molar-refractivity contribution in [3.63, 3.8) is 0 Å². The van der Waals surface area contributed by atoms with Gasteiger partial charge in [-0.25, -0.2) is 14.3 Å². The van der Waals surface area contributed by atoms with E-state index < -0.39 is 11.9 Å². The van der Waals surface area contributed by atoms with Crippen molar-refractivity contribution in [2.24, 2.45) is 0 Å². The maximum Gasteiger partial charge on any atom is 0.338 e. The number of carboxylic acid groups (broad SMARTS) is 1. The fraction of sp³-hybridized carbons (Fsp3) is 0.105. The fourth-order valence-corrected chi connectivity index (χ4v) is 2.50. The molecule has 27 heavy (non-hydrogen) atoms. The summed E-state index contributed by atoms with van der Waals surface area (Å²) in [6.07, 6.45) is 0. The van der Waals surface area contributed by atoms with Crippen molar-refractivity contribution in [3.05, 3.63) is 76.1 Å². The van der Waals surface area contributed by atoms with Crippen LogP contribution in [-0.2, 0) is 4.74 Å². The number of esters is 1. The van der Waals surface area contributed by atoms with Gasteiger partial charge < -0.3 is 15.2 Å². The third-order valence-corrected chi connectivity index (χ3v) is 3.75. The zero-order valence-corrected chi connectivity index (χ0v) is 14.4. The Hall–Kier alpha value is -3.81. The summed E-state index contributed by atoms with van der Waals surface area (Å²) in [6.45, 7) is 2.02. The number of nitrogens with zero attached hydrogens (tertiary/aromatic N) is 1. The minimum Gasteiger partial charge on any atom is -0.478 e. The summed E-state index contributed by atoms with van der Waals surface area (Å²) in [6, 6.07) is 14.0. The molecule has 0 bridgehead atoms. The van der Waals surface area contributed by atoms with Gasteiger partial charge in [0.1, 0.15) is 5.82 Å². The Morgan fingerprint density at radius 3 is 2.52 bits per heavy atom. The van der Waals surface area contributed by atoms with Crippen LogP contribution in [0.2, 0.25) is 0 Å². The van der Waals surface area contributed by atoms with E-state index in [0.29, 0.717) is 22.8 Å². The molecule has 0 saturated carbocycles. The molecule has 0 radical (unpaired) electrons. The van der Waals surface area contributed by atoms with Crippen LogP contribution in [0.4, 0.5) is 11.5 Å². The number of hydrogen-bond acceptors (Lipinski definition) is 5. The number of carbonyl (C=O) groups excluding carboxylic acids is 1. The summed E-state index contributed by atoms with van der Waals surface area (Å²) < 4.78 is 6.25. The molecule has 3 aromatic rings. The van der Waals surface area contributed by atoms with Crippen molar-refractivity contribution in [3.8, 4) is 5.69 Å². The summed E-state index contributed by atoms with van der Waals surface area (Å²) in [5, 5.41) is 14.9. The number of rotatable bonds is 6. The molecular formula is C19H17N3O5. The quantitative estimate of drug-likeness (QED) is 0.577. The summed E-state index contributed by atoms with van der Waals surface area (Å²) in [5.74, 6) is -1.04. The lowest BCUT2D eigenvalue weighted by Crippen LogP contribution is -2.13. The Morgan fingerprint density at radius 1 is 1.11 bits per heavy atom. The van der Waals surface area contributed by atoms with Crippen LogP contribution in [0.1, 0.15) is 27.6 Å². The molecule has 0 unspecified atom stereocenters. The first-order valence-corrected chi connectivity index (χ1v) is 8.18. The van der Waals surface area contributed by atoms with Crippen molar-refractivity contribution in [1.82, 2.24) is 9.78 Å². The van der Waals surface area contributed by atoms with Crippen LogP contribution in [0.3, 0.4) is 0 Å². The number of benzene rings is 2. The number of aromatic carboxylic acids is 1. The van der Waals surface area contributed by atoms with E-state index in [1.807, 2.05) is 0 Å². The lowest BCUT2D eigenvalue weighted by atomic mass is 10.2. The number of aromatic amines is 1. The minimum absolute atomic E-state index is 0.132. The molecule has 8 heteroatoms. The van der Waals surface area contributed by atoms with E-state index in [4.69, 9.17) is 9.84 Å². The number of nitrogens with one attached hydrogen (secondary N) is 2. The van der Waals surface area contributed by atoms with Gasteiger partial charge >= 0.3 is 11.9 Å². The SMILES string of the molecule is CCOC(=O)c1cccc(Nc2cc(=O)n(-c3ccc(C(=O)O)cc3)[nH]2)c1. The molecule has 0 aliphatic carbocycles. The van der Waals surface area contributed by atoms with Gasteiger partial charge in [-0.05, 0) is 49.4 Å². The highest BCUT2D eigenvalue weighted by Gasteiger charge is 2.10. The van der Waals surface area contributed by atoms with Gasteiger partial charge in [0.05, 0.1) is 23.4 Å². The molecule has 0 spiro atoms. The maximum absolute atomic E-state index is 12.2. The first-order chi connectivity index (χ1) is 13.0. The van der Waals surface area contributed by atoms with Gasteiger partial charge in [-0.1, -0.05) is 6.07 Å². The lowest BCUT2D eigenvalue weighted by Gasteiger charge is -2.07. The zero-order valence-electron chi connectivity index (χ0n) is 14.4. The van der Waals surface area contributed by atoms with Crippen LogP contribution in [-0.4, -0.2) is 33.4 Å². The summed E-state index contributed by atoms with van der Waals surface area (Å²) in [7, 11) is 0. The Kier molecular flexibility index (Phi) is 5.07. The van der Waals surface area contributed by atoms with Crippen LogP contribution < -0.4 is 10.9 Å². The van der Waals surface area contributed by atoms with Crippen LogP contribution >= 0.6 is 0 Å². The number of H-pyrrole nitrogens is 1. The highest BCUT2D eigenvalue weighted by molar-refractivity contribution is 5.90. The van der Waals surface area contributed by atoms with Crippen molar-refractivity contribution in [1.29, 1.82) is 0 Å². The summed E-state index contributed by atoms with van der Waals surface area (Å²) in [5.41, 5.74) is 1.32. The molecule has 138 valence electrons. The molecule has 8 nitrogen and oxygen atoms in total. The molecule has 3 N–H and O–H groups in total. The Balaban J connectivity index is 1.83. The van der Waals surface area contributed by atoms with Gasteiger partial charge in [0, 0.05) is 11.8 Å². The Labute approximate surface area is 154 Å². The average molecular weight is 367 g/mol. The molecule has 3 rings (SSSR count). The molecular weight excluding hydrogens is 350 g/mol. The van der Waals surface area contributed by atoms with E-state index in [2.05, 4.69) is 10.4 Å². The zero-order chi connectivity index (χ0) is 19.4. The fourth-order valence-electron chi connectivity index (χ4n) is 2.50. The number of anilines is 2. The standard InChI is InChI=1S/C19H17N3O5/c1-2-27-19(26)13-4-3-5-14(10-13)20-16-11-17(23)22(21-16)15-8-6-12(7-9-15)18(24)25/h3-11,20-21H,2H2,1H3,(H,24,25). The van der Waals surface area contributed by atoms with E-state index in [9.17, 15) is 14.4 Å². The third kappa shape index (κ3) is 4.06. The highest BCUT2D eigenvalue weighted by atomic mass is 16.5. The topological polar surface area (TPSA) is 113 Å². The molecule has 1 heterocycles. The lowest BCUT2D eigenvalue weighted by molar-refractivity contribution is 0.0526. The van der Waals surface area contributed by atoms with Crippen LogP contribution in [0.25, 0.3) is 5.69 Å². The second kappa shape index (κ2) is 7.61. The van der Waals surface area contributed by atoms with E-state index in [0.717, 1.165) is 0 Å². The molecule has 0 fully saturated rings. The van der Waals surface area contributed by atoms with Crippen LogP contribution in [0.15, 0.2) is 59.4 Å². The predicted molar refractivity (Wildman–Crippen MR) is 99.0 cm³/mol. The van der Waals surface area contributed by atoms with E-state index in [1.165, 1.54) is 35.0 Å². The van der Waals surface area contributed by atoms with Gasteiger partial charge in [0.2, 0.25) is 0 Å². The van der Waals surface area contributed by atoms with Gasteiger partial charge in [0.15, 0.2) is 0 Å². The maximum atomic E-state index is 12.2. The molecule has 2 aromatic carbocycles. The van der Waals surface area contributed by atoms with Crippen molar-refractivity contribution < 1.29 is 19.4 Å². The second-order valence-corrected chi connectivity index (χ2v) is 5.62. The molecule has 0 aliphatic heterocycles. The minimum atomic E-state index is -1.04. The van der Waals surface area contributed by atoms with Crippen LogP contribution in [0, 0.1) is 0 Å². The average Bonchev–Trinajstić information content (AvgIpc) is 3.02. The monoisotopic (exact) mass is 367 g/mol. The molecule has 0 aliphatic rings. The normalized spacial score (nSPS) is 10.4. The van der Waals surface area contributed by atoms with Gasteiger partial charge in [-0.15, -0.1) is 0 Å². The molecule has 0 saturated heterocycles. The van der Waals surface area contributed by atoms with E-state index in [1.54, 1.807) is 31.2 Å². The highest BCUT2D eigenvalue weighted by Crippen LogP contribution is 2.17. The number of carbonyl (C=O) groups is 2. The van der Waals surface area contributed by atoms with Crippen LogP contribution in [0.5, 0.6) is 0 Å². The number of carboxylic acids is 1. The molecule has 0 amide bonds. The molecule has 0 atom stereocenters. The van der Waals surface area contributed by atoms with Gasteiger partial charge in [0.25, 0.3) is 5.56 Å². The van der Waals surface area contributed by atoms with Gasteiger partial charge in [-0.3, -0.25) is 9.89 Å². The number of aromatic nitrogens is 2. The third-order valence-electron chi connectivity index (χ3n) is 3.75. The largest absolute Gasteiger partial charge is 0.478 e. The van der Waals surface area contributed by atoms with Crippen molar-refractivity contribution >= 4 is 23.4 Å². The summed E-state index contributed by atoms with van der Waals surface area (Å²) >= 11 is 0. The van der Waals surface area contributed by atoms with E-state index >= 15 is 0 Å². The number of hydrogen-bond donors (Lipinski definition) is 3. The first kappa shape index (κ1) is 18.0. The number of ether oxygens (including phenoxy) is 1. The molecule has 1 aromatic heterocycles. The smallest absolute Gasteiger partial charge is 0.338 e.